The molecule has 1 aliphatic rings. The van der Waals surface area contributed by atoms with Crippen molar-refractivity contribution in [2.45, 2.75) is 45.6 Å². The Labute approximate surface area is 99.2 Å². The molecular formula is C11H24N2O2S. The van der Waals surface area contributed by atoms with Gasteiger partial charge in [0.2, 0.25) is 10.0 Å². The lowest BCUT2D eigenvalue weighted by Gasteiger charge is -2.30. The van der Waals surface area contributed by atoms with Gasteiger partial charge in [0.1, 0.15) is 0 Å². The maximum Gasteiger partial charge on any atom is 0.211 e. The average Bonchev–Trinajstić information content (AvgIpc) is 2.26. The van der Waals surface area contributed by atoms with Crippen molar-refractivity contribution in [2.24, 2.45) is 5.92 Å². The van der Waals surface area contributed by atoms with Gasteiger partial charge in [-0.25, -0.2) is 13.1 Å². The minimum atomic E-state index is -3.06. The highest BCUT2D eigenvalue weighted by atomic mass is 32.2. The second-order valence-electron chi connectivity index (χ2n) is 4.70. The molecular weight excluding hydrogens is 224 g/mol. The van der Waals surface area contributed by atoms with Crippen molar-refractivity contribution < 1.29 is 8.42 Å². The highest BCUT2D eigenvalue weighted by molar-refractivity contribution is 7.89. The van der Waals surface area contributed by atoms with Crippen molar-refractivity contribution in [1.82, 2.24) is 10.0 Å². The fourth-order valence-electron chi connectivity index (χ4n) is 2.01. The van der Waals surface area contributed by atoms with Crippen LogP contribution < -0.4 is 10.0 Å². The van der Waals surface area contributed by atoms with Crippen molar-refractivity contribution in [1.29, 1.82) is 0 Å². The average molecular weight is 248 g/mol. The molecule has 0 saturated carbocycles. The maximum absolute atomic E-state index is 11.6. The molecule has 1 heterocycles. The molecule has 0 spiro atoms. The van der Waals surface area contributed by atoms with Crippen molar-refractivity contribution in [3.8, 4) is 0 Å². The van der Waals surface area contributed by atoms with E-state index in [1.165, 1.54) is 12.8 Å². The zero-order valence-electron chi connectivity index (χ0n) is 10.3. The lowest BCUT2D eigenvalue weighted by atomic mass is 9.93. The fourth-order valence-corrected chi connectivity index (χ4v) is 3.26. The van der Waals surface area contributed by atoms with Gasteiger partial charge in [-0.3, -0.25) is 0 Å². The molecule has 1 aliphatic heterocycles. The van der Waals surface area contributed by atoms with Crippen LogP contribution in [0, 0.1) is 5.92 Å². The molecule has 2 atom stereocenters. The van der Waals surface area contributed by atoms with E-state index in [-0.39, 0.29) is 5.75 Å². The number of sulfonamides is 1. The third-order valence-electron chi connectivity index (χ3n) is 3.22. The number of piperidine rings is 1. The normalized spacial score (nSPS) is 26.9. The Morgan fingerprint density at radius 2 is 2.19 bits per heavy atom. The Morgan fingerprint density at radius 1 is 1.44 bits per heavy atom. The lowest BCUT2D eigenvalue weighted by molar-refractivity contribution is 0.300. The summed E-state index contributed by atoms with van der Waals surface area (Å²) in [6.45, 7) is 5.72. The van der Waals surface area contributed by atoms with Gasteiger partial charge < -0.3 is 5.32 Å². The number of rotatable bonds is 6. The van der Waals surface area contributed by atoms with E-state index in [1.807, 2.05) is 6.92 Å². The zero-order chi connectivity index (χ0) is 12.0. The molecule has 5 heteroatoms. The summed E-state index contributed by atoms with van der Waals surface area (Å²) in [5, 5.41) is 3.37. The van der Waals surface area contributed by atoms with Crippen LogP contribution in [0.1, 0.15) is 39.5 Å². The molecule has 0 amide bonds. The van der Waals surface area contributed by atoms with Crippen LogP contribution in [0.15, 0.2) is 0 Å². The predicted molar refractivity (Wildman–Crippen MR) is 66.9 cm³/mol. The summed E-state index contributed by atoms with van der Waals surface area (Å²) in [6, 6.07) is 0.296. The second-order valence-corrected chi connectivity index (χ2v) is 6.63. The van der Waals surface area contributed by atoms with Crippen LogP contribution in [0.2, 0.25) is 0 Å². The van der Waals surface area contributed by atoms with Gasteiger partial charge in [-0.1, -0.05) is 20.3 Å². The topological polar surface area (TPSA) is 58.2 Å². The van der Waals surface area contributed by atoms with Crippen LogP contribution in [0.4, 0.5) is 0 Å². The van der Waals surface area contributed by atoms with Crippen molar-refractivity contribution in [3.05, 3.63) is 0 Å². The van der Waals surface area contributed by atoms with Crippen LogP contribution in [0.5, 0.6) is 0 Å². The van der Waals surface area contributed by atoms with E-state index in [1.54, 1.807) is 0 Å². The molecule has 1 rings (SSSR count). The summed E-state index contributed by atoms with van der Waals surface area (Å²) in [6.07, 6.45) is 4.04. The molecule has 16 heavy (non-hydrogen) atoms. The molecule has 0 radical (unpaired) electrons. The summed E-state index contributed by atoms with van der Waals surface area (Å²) in [5.74, 6) is 0.813. The Balaban J connectivity index is 2.32. The van der Waals surface area contributed by atoms with Crippen LogP contribution in [-0.2, 0) is 10.0 Å². The van der Waals surface area contributed by atoms with Gasteiger partial charge >= 0.3 is 0 Å². The van der Waals surface area contributed by atoms with E-state index in [2.05, 4.69) is 17.0 Å². The predicted octanol–water partition coefficient (Wildman–Crippen LogP) is 1.09. The molecule has 96 valence electrons. The molecule has 0 aromatic carbocycles. The van der Waals surface area contributed by atoms with E-state index in [0.717, 1.165) is 19.4 Å². The highest BCUT2D eigenvalue weighted by Crippen LogP contribution is 2.14. The van der Waals surface area contributed by atoms with E-state index < -0.39 is 10.0 Å². The Bertz CT molecular complexity index is 290. The van der Waals surface area contributed by atoms with E-state index in [9.17, 15) is 8.42 Å². The van der Waals surface area contributed by atoms with Gasteiger partial charge in [0.25, 0.3) is 0 Å². The van der Waals surface area contributed by atoms with Crippen molar-refractivity contribution in [3.63, 3.8) is 0 Å². The minimum Gasteiger partial charge on any atom is -0.312 e. The van der Waals surface area contributed by atoms with E-state index in [0.29, 0.717) is 18.5 Å². The van der Waals surface area contributed by atoms with E-state index >= 15 is 0 Å². The quantitative estimate of drug-likeness (QED) is 0.740. The molecule has 2 N–H and O–H groups in total. The van der Waals surface area contributed by atoms with Crippen LogP contribution in [0.3, 0.4) is 0 Å². The SMILES string of the molecule is CCCCS(=O)(=O)NCC1NCCCC1C. The summed E-state index contributed by atoms with van der Waals surface area (Å²) >= 11 is 0. The first-order chi connectivity index (χ1) is 7.55. The second kappa shape index (κ2) is 6.57. The molecule has 0 bridgehead atoms. The summed E-state index contributed by atoms with van der Waals surface area (Å²) in [7, 11) is -3.06. The van der Waals surface area contributed by atoms with Gasteiger partial charge in [-0.2, -0.15) is 0 Å². The number of hydrogen-bond acceptors (Lipinski definition) is 3. The summed E-state index contributed by atoms with van der Waals surface area (Å²) in [5.41, 5.74) is 0. The van der Waals surface area contributed by atoms with E-state index in [4.69, 9.17) is 0 Å². The Hall–Kier alpha value is -0.130. The first-order valence-electron chi connectivity index (χ1n) is 6.26. The Morgan fingerprint density at radius 3 is 2.81 bits per heavy atom. The number of nitrogens with one attached hydrogen (secondary N) is 2. The summed E-state index contributed by atoms with van der Waals surface area (Å²) < 4.78 is 25.9. The molecule has 0 aliphatic carbocycles. The first-order valence-corrected chi connectivity index (χ1v) is 7.91. The smallest absolute Gasteiger partial charge is 0.211 e. The van der Waals surface area contributed by atoms with Gasteiger partial charge in [0.15, 0.2) is 0 Å². The molecule has 4 nitrogen and oxygen atoms in total. The Kier molecular flexibility index (Phi) is 5.72. The molecule has 0 aromatic rings. The van der Waals surface area contributed by atoms with Crippen molar-refractivity contribution in [2.75, 3.05) is 18.8 Å². The first kappa shape index (κ1) is 13.9. The fraction of sp³-hybridized carbons (Fsp3) is 1.00. The molecule has 2 unspecified atom stereocenters. The van der Waals surface area contributed by atoms with Crippen LogP contribution in [0.25, 0.3) is 0 Å². The lowest BCUT2D eigenvalue weighted by Crippen LogP contribution is -2.48. The van der Waals surface area contributed by atoms with Gasteiger partial charge in [0, 0.05) is 12.6 Å². The molecule has 0 aromatic heterocycles. The third kappa shape index (κ3) is 4.80. The van der Waals surface area contributed by atoms with Gasteiger partial charge in [-0.05, 0) is 31.7 Å². The number of hydrogen-bond donors (Lipinski definition) is 2. The monoisotopic (exact) mass is 248 g/mol. The van der Waals surface area contributed by atoms with Crippen molar-refractivity contribution >= 4 is 10.0 Å². The molecule has 1 fully saturated rings. The number of unbranched alkanes of at least 4 members (excludes halogenated alkanes) is 1. The van der Waals surface area contributed by atoms with Gasteiger partial charge in [0.05, 0.1) is 5.75 Å². The standard InChI is InChI=1S/C11H24N2O2S/c1-3-4-8-16(14,15)13-9-11-10(2)6-5-7-12-11/h10-13H,3-9H2,1-2H3. The molecule has 1 saturated heterocycles. The zero-order valence-corrected chi connectivity index (χ0v) is 11.1. The van der Waals surface area contributed by atoms with Gasteiger partial charge in [-0.15, -0.1) is 0 Å². The summed E-state index contributed by atoms with van der Waals surface area (Å²) in [4.78, 5) is 0. The maximum atomic E-state index is 11.6. The van der Waals surface area contributed by atoms with Crippen LogP contribution in [-0.4, -0.2) is 33.3 Å². The third-order valence-corrected chi connectivity index (χ3v) is 4.65. The highest BCUT2D eigenvalue weighted by Gasteiger charge is 2.22. The van der Waals surface area contributed by atoms with Crippen LogP contribution >= 0.6 is 0 Å². The minimum absolute atomic E-state index is 0.255. The largest absolute Gasteiger partial charge is 0.312 e.